The van der Waals surface area contributed by atoms with Gasteiger partial charge in [-0.15, -0.1) is 0 Å². The van der Waals surface area contributed by atoms with Crippen molar-refractivity contribution in [1.82, 2.24) is 19.6 Å². The predicted octanol–water partition coefficient (Wildman–Crippen LogP) is 2.65. The largest absolute Gasteiger partial charge is 0.339 e. The van der Waals surface area contributed by atoms with Crippen LogP contribution in [0.5, 0.6) is 0 Å². The molecule has 25 heavy (non-hydrogen) atoms. The van der Waals surface area contributed by atoms with Gasteiger partial charge in [0.2, 0.25) is 0 Å². The van der Waals surface area contributed by atoms with Crippen molar-refractivity contribution in [3.05, 3.63) is 53.3 Å². The van der Waals surface area contributed by atoms with Crippen molar-refractivity contribution in [3.63, 3.8) is 0 Å². The molecule has 0 bridgehead atoms. The highest BCUT2D eigenvalue weighted by molar-refractivity contribution is 5.95. The van der Waals surface area contributed by atoms with Gasteiger partial charge in [-0.1, -0.05) is 30.3 Å². The van der Waals surface area contributed by atoms with Crippen LogP contribution in [0, 0.1) is 12.8 Å². The van der Waals surface area contributed by atoms with Crippen molar-refractivity contribution in [2.45, 2.75) is 26.3 Å². The van der Waals surface area contributed by atoms with E-state index in [-0.39, 0.29) is 5.91 Å². The van der Waals surface area contributed by atoms with Gasteiger partial charge in [-0.25, -0.2) is 0 Å². The maximum Gasteiger partial charge on any atom is 0.257 e. The van der Waals surface area contributed by atoms with Crippen LogP contribution < -0.4 is 0 Å². The normalized spacial score (nSPS) is 15.8. The number of carbonyl (C=O) groups excluding carboxylic acids is 1. The van der Waals surface area contributed by atoms with Gasteiger partial charge in [0.15, 0.2) is 0 Å². The van der Waals surface area contributed by atoms with E-state index in [1.54, 1.807) is 6.20 Å². The van der Waals surface area contributed by atoms with Crippen molar-refractivity contribution in [2.24, 2.45) is 5.92 Å². The minimum Gasteiger partial charge on any atom is -0.339 e. The summed E-state index contributed by atoms with van der Waals surface area (Å²) >= 11 is 0. The Balaban J connectivity index is 1.64. The molecule has 2 heterocycles. The number of hydrogen-bond acceptors (Lipinski definition) is 3. The summed E-state index contributed by atoms with van der Waals surface area (Å²) in [5.74, 6) is 0.820. The van der Waals surface area contributed by atoms with Gasteiger partial charge >= 0.3 is 0 Å². The highest BCUT2D eigenvalue weighted by atomic mass is 16.2. The first kappa shape index (κ1) is 17.7. The molecule has 3 rings (SSSR count). The fourth-order valence-corrected chi connectivity index (χ4v) is 3.58. The number of carbonyl (C=O) groups is 1. The Labute approximate surface area is 150 Å². The molecule has 0 saturated carbocycles. The molecule has 1 aromatic heterocycles. The molecule has 5 heteroatoms. The maximum atomic E-state index is 12.9. The smallest absolute Gasteiger partial charge is 0.257 e. The number of hydrogen-bond donors (Lipinski definition) is 0. The van der Waals surface area contributed by atoms with Gasteiger partial charge in [0.25, 0.3) is 5.91 Å². The van der Waals surface area contributed by atoms with Gasteiger partial charge in [-0.05, 0) is 45.3 Å². The van der Waals surface area contributed by atoms with E-state index in [9.17, 15) is 4.79 Å². The van der Waals surface area contributed by atoms with E-state index in [1.807, 2.05) is 34.7 Å². The molecule has 5 nitrogen and oxygen atoms in total. The van der Waals surface area contributed by atoms with Crippen LogP contribution in [0.3, 0.4) is 0 Å². The Bertz CT molecular complexity index is 700. The summed E-state index contributed by atoms with van der Waals surface area (Å²) in [5, 5.41) is 4.44. The van der Waals surface area contributed by atoms with Crippen LogP contribution in [0.4, 0.5) is 0 Å². The average molecular weight is 340 g/mol. The molecule has 1 aliphatic rings. The SMILES string of the molecule is Cc1c(C(=O)N2CCC(CN(C)C)CC2)cnn1Cc1ccccc1. The lowest BCUT2D eigenvalue weighted by molar-refractivity contribution is 0.0677. The van der Waals surface area contributed by atoms with Gasteiger partial charge in [0.05, 0.1) is 18.3 Å². The van der Waals surface area contributed by atoms with E-state index < -0.39 is 0 Å². The lowest BCUT2D eigenvalue weighted by Crippen LogP contribution is -2.40. The molecule has 0 N–H and O–H groups in total. The van der Waals surface area contributed by atoms with Gasteiger partial charge in [-0.3, -0.25) is 9.48 Å². The summed E-state index contributed by atoms with van der Waals surface area (Å²) in [5.41, 5.74) is 2.88. The fraction of sp³-hybridized carbons (Fsp3) is 0.500. The molecule has 0 spiro atoms. The van der Waals surface area contributed by atoms with Crippen LogP contribution in [-0.2, 0) is 6.54 Å². The first-order valence-corrected chi connectivity index (χ1v) is 9.05. The third-order valence-corrected chi connectivity index (χ3v) is 5.03. The second-order valence-electron chi connectivity index (χ2n) is 7.28. The summed E-state index contributed by atoms with van der Waals surface area (Å²) in [6.07, 6.45) is 3.90. The Morgan fingerprint density at radius 3 is 2.52 bits per heavy atom. The molecule has 1 aliphatic heterocycles. The summed E-state index contributed by atoms with van der Waals surface area (Å²) in [7, 11) is 4.23. The quantitative estimate of drug-likeness (QED) is 0.840. The molecular weight excluding hydrogens is 312 g/mol. The van der Waals surface area contributed by atoms with Crippen molar-refractivity contribution in [2.75, 3.05) is 33.7 Å². The Morgan fingerprint density at radius 1 is 1.20 bits per heavy atom. The number of aromatic nitrogens is 2. The molecule has 0 atom stereocenters. The van der Waals surface area contributed by atoms with E-state index in [2.05, 4.69) is 36.2 Å². The molecule has 1 amide bonds. The van der Waals surface area contributed by atoms with Gasteiger partial charge in [-0.2, -0.15) is 5.10 Å². The molecule has 2 aromatic rings. The molecule has 0 unspecified atom stereocenters. The van der Waals surface area contributed by atoms with Crippen LogP contribution in [0.2, 0.25) is 0 Å². The van der Waals surface area contributed by atoms with Gasteiger partial charge in [0.1, 0.15) is 0 Å². The number of amides is 1. The zero-order valence-corrected chi connectivity index (χ0v) is 15.5. The first-order chi connectivity index (χ1) is 12.0. The van der Waals surface area contributed by atoms with E-state index in [0.29, 0.717) is 12.5 Å². The summed E-state index contributed by atoms with van der Waals surface area (Å²) in [4.78, 5) is 17.1. The fourth-order valence-electron chi connectivity index (χ4n) is 3.58. The third-order valence-electron chi connectivity index (χ3n) is 5.03. The number of nitrogens with zero attached hydrogens (tertiary/aromatic N) is 4. The molecule has 0 radical (unpaired) electrons. The zero-order chi connectivity index (χ0) is 17.8. The molecule has 1 fully saturated rings. The van der Waals surface area contributed by atoms with Gasteiger partial charge in [0, 0.05) is 25.3 Å². The van der Waals surface area contributed by atoms with Gasteiger partial charge < -0.3 is 9.80 Å². The number of likely N-dealkylation sites (tertiary alicyclic amines) is 1. The highest BCUT2D eigenvalue weighted by Crippen LogP contribution is 2.21. The topological polar surface area (TPSA) is 41.4 Å². The van der Waals surface area contributed by atoms with Crippen LogP contribution >= 0.6 is 0 Å². The van der Waals surface area contributed by atoms with Crippen LogP contribution in [-0.4, -0.2) is 59.2 Å². The minimum atomic E-state index is 0.125. The number of rotatable bonds is 5. The van der Waals surface area contributed by atoms with Crippen LogP contribution in [0.1, 0.15) is 34.5 Å². The number of piperidine rings is 1. The molecule has 1 aromatic carbocycles. The van der Waals surface area contributed by atoms with E-state index in [0.717, 1.165) is 43.7 Å². The van der Waals surface area contributed by atoms with E-state index >= 15 is 0 Å². The molecular formula is C20H28N4O. The second-order valence-corrected chi connectivity index (χ2v) is 7.28. The van der Waals surface area contributed by atoms with Crippen molar-refractivity contribution in [3.8, 4) is 0 Å². The zero-order valence-electron chi connectivity index (χ0n) is 15.5. The predicted molar refractivity (Wildman–Crippen MR) is 99.7 cm³/mol. The maximum absolute atomic E-state index is 12.9. The van der Waals surface area contributed by atoms with Crippen molar-refractivity contribution >= 4 is 5.91 Å². The molecule has 134 valence electrons. The lowest BCUT2D eigenvalue weighted by atomic mass is 9.96. The Kier molecular flexibility index (Phi) is 5.53. The van der Waals surface area contributed by atoms with Crippen molar-refractivity contribution in [1.29, 1.82) is 0 Å². The minimum absolute atomic E-state index is 0.125. The monoisotopic (exact) mass is 340 g/mol. The number of benzene rings is 1. The summed E-state index contributed by atoms with van der Waals surface area (Å²) in [6, 6.07) is 10.2. The molecule has 0 aliphatic carbocycles. The van der Waals surface area contributed by atoms with Crippen LogP contribution in [0.15, 0.2) is 36.5 Å². The molecule has 1 saturated heterocycles. The third kappa shape index (κ3) is 4.28. The van der Waals surface area contributed by atoms with Crippen molar-refractivity contribution < 1.29 is 4.79 Å². The first-order valence-electron chi connectivity index (χ1n) is 9.05. The second kappa shape index (κ2) is 7.83. The van der Waals surface area contributed by atoms with E-state index in [4.69, 9.17) is 0 Å². The van der Waals surface area contributed by atoms with E-state index in [1.165, 1.54) is 5.56 Å². The average Bonchev–Trinajstić information content (AvgIpc) is 2.96. The Morgan fingerprint density at radius 2 is 1.88 bits per heavy atom. The lowest BCUT2D eigenvalue weighted by Gasteiger charge is -2.33. The van der Waals surface area contributed by atoms with Crippen LogP contribution in [0.25, 0.3) is 0 Å². The summed E-state index contributed by atoms with van der Waals surface area (Å²) in [6.45, 7) is 5.49. The summed E-state index contributed by atoms with van der Waals surface area (Å²) < 4.78 is 1.92. The standard InChI is InChI=1S/C20H28N4O/c1-16-19(13-21-24(16)15-17-7-5-4-6-8-17)20(25)23-11-9-18(10-12-23)14-22(2)3/h4-8,13,18H,9-12,14-15H2,1-3H3. The highest BCUT2D eigenvalue weighted by Gasteiger charge is 2.26. The Hall–Kier alpha value is -2.14.